The number of aryl methyl sites for hydroxylation is 1. The number of benzene rings is 2. The number of nitrogens with zero attached hydrogens (tertiary/aromatic N) is 1. The molecule has 2 aromatic carbocycles. The molecule has 0 aliphatic rings. The number of anilines is 2. The third-order valence-electron chi connectivity index (χ3n) is 3.51. The van der Waals surface area contributed by atoms with Crippen molar-refractivity contribution in [3.63, 3.8) is 0 Å². The van der Waals surface area contributed by atoms with E-state index in [0.717, 1.165) is 12.8 Å². The van der Waals surface area contributed by atoms with Crippen molar-refractivity contribution in [2.75, 3.05) is 24.3 Å². The van der Waals surface area contributed by atoms with Gasteiger partial charge >= 0.3 is 0 Å². The Morgan fingerprint density at radius 1 is 0.950 bits per heavy atom. The third kappa shape index (κ3) is 4.30. The van der Waals surface area contributed by atoms with E-state index in [2.05, 4.69) is 85.8 Å². The van der Waals surface area contributed by atoms with Crippen LogP contribution in [0.4, 0.5) is 11.4 Å². The van der Waals surface area contributed by atoms with Crippen molar-refractivity contribution in [3.05, 3.63) is 60.2 Å². The minimum Gasteiger partial charge on any atom is -0.383 e. The zero-order chi connectivity index (χ0) is 14.4. The molecule has 0 saturated heterocycles. The highest BCUT2D eigenvalue weighted by Gasteiger charge is 2.03. The number of hydrogen-bond donors (Lipinski definition) is 1. The fourth-order valence-electron chi connectivity index (χ4n) is 2.24. The van der Waals surface area contributed by atoms with E-state index in [9.17, 15) is 0 Å². The lowest BCUT2D eigenvalue weighted by molar-refractivity contribution is 0.706. The van der Waals surface area contributed by atoms with E-state index >= 15 is 0 Å². The lowest BCUT2D eigenvalue weighted by Gasteiger charge is -2.17. The molecule has 1 unspecified atom stereocenters. The summed E-state index contributed by atoms with van der Waals surface area (Å²) in [5.74, 6) is 0. The smallest absolute Gasteiger partial charge is 0.0362 e. The van der Waals surface area contributed by atoms with Gasteiger partial charge in [-0.2, -0.15) is 0 Å². The molecular formula is C18H24N2. The van der Waals surface area contributed by atoms with Gasteiger partial charge in [0.05, 0.1) is 0 Å². The minimum absolute atomic E-state index is 0.473. The minimum atomic E-state index is 0.473. The van der Waals surface area contributed by atoms with Gasteiger partial charge in [-0.25, -0.2) is 0 Å². The highest BCUT2D eigenvalue weighted by atomic mass is 15.1. The van der Waals surface area contributed by atoms with Crippen LogP contribution in [0.5, 0.6) is 0 Å². The van der Waals surface area contributed by atoms with Crippen LogP contribution in [0, 0.1) is 0 Å². The first kappa shape index (κ1) is 14.4. The fraction of sp³-hybridized carbons (Fsp3) is 0.333. The molecule has 2 heteroatoms. The van der Waals surface area contributed by atoms with Crippen molar-refractivity contribution in [2.24, 2.45) is 0 Å². The zero-order valence-electron chi connectivity index (χ0n) is 12.6. The monoisotopic (exact) mass is 268 g/mol. The van der Waals surface area contributed by atoms with E-state index < -0.39 is 0 Å². The fourth-order valence-corrected chi connectivity index (χ4v) is 2.24. The van der Waals surface area contributed by atoms with Gasteiger partial charge in [-0.1, -0.05) is 30.3 Å². The molecule has 2 nitrogen and oxygen atoms in total. The summed E-state index contributed by atoms with van der Waals surface area (Å²) in [5, 5.41) is 3.56. The average Bonchev–Trinajstić information content (AvgIpc) is 2.47. The van der Waals surface area contributed by atoms with Crippen LogP contribution in [0.15, 0.2) is 54.6 Å². The molecule has 20 heavy (non-hydrogen) atoms. The Kier molecular flexibility index (Phi) is 5.05. The second-order valence-electron chi connectivity index (χ2n) is 5.51. The summed E-state index contributed by atoms with van der Waals surface area (Å²) in [6.45, 7) is 2.24. The highest BCUT2D eigenvalue weighted by Crippen LogP contribution is 2.17. The van der Waals surface area contributed by atoms with Crippen LogP contribution in [0.2, 0.25) is 0 Å². The van der Waals surface area contributed by atoms with Gasteiger partial charge in [-0.05, 0) is 49.6 Å². The topological polar surface area (TPSA) is 15.3 Å². The summed E-state index contributed by atoms with van der Waals surface area (Å²) in [5.41, 5.74) is 3.83. The van der Waals surface area contributed by atoms with Gasteiger partial charge in [0, 0.05) is 31.5 Å². The molecule has 2 rings (SSSR count). The zero-order valence-corrected chi connectivity index (χ0v) is 12.6. The second-order valence-corrected chi connectivity index (χ2v) is 5.51. The maximum Gasteiger partial charge on any atom is 0.0362 e. The SMILES string of the molecule is CC(CCc1ccccc1)Nc1ccc(N(C)C)cc1. The Bertz CT molecular complexity index is 503. The molecule has 1 N–H and O–H groups in total. The van der Waals surface area contributed by atoms with Crippen LogP contribution >= 0.6 is 0 Å². The van der Waals surface area contributed by atoms with Gasteiger partial charge in [-0.3, -0.25) is 0 Å². The van der Waals surface area contributed by atoms with E-state index in [1.807, 2.05) is 0 Å². The largest absolute Gasteiger partial charge is 0.383 e. The molecule has 0 aromatic heterocycles. The maximum atomic E-state index is 3.56. The van der Waals surface area contributed by atoms with Gasteiger partial charge in [0.1, 0.15) is 0 Å². The van der Waals surface area contributed by atoms with Gasteiger partial charge in [0.25, 0.3) is 0 Å². The van der Waals surface area contributed by atoms with Crippen molar-refractivity contribution in [1.29, 1.82) is 0 Å². The Hall–Kier alpha value is -1.96. The molecule has 106 valence electrons. The van der Waals surface area contributed by atoms with Crippen LogP contribution in [0.25, 0.3) is 0 Å². The Balaban J connectivity index is 1.83. The maximum absolute atomic E-state index is 3.56. The summed E-state index contributed by atoms with van der Waals surface area (Å²) in [7, 11) is 4.12. The molecule has 2 aromatic rings. The molecular weight excluding hydrogens is 244 g/mol. The van der Waals surface area contributed by atoms with E-state index in [1.54, 1.807) is 0 Å². The van der Waals surface area contributed by atoms with Crippen molar-refractivity contribution < 1.29 is 0 Å². The normalized spacial score (nSPS) is 11.9. The molecule has 0 spiro atoms. The standard InChI is InChI=1S/C18H24N2/c1-15(9-10-16-7-5-4-6-8-16)19-17-11-13-18(14-12-17)20(2)3/h4-8,11-15,19H,9-10H2,1-3H3. The predicted molar refractivity (Wildman–Crippen MR) is 88.6 cm³/mol. The van der Waals surface area contributed by atoms with Crippen molar-refractivity contribution in [2.45, 2.75) is 25.8 Å². The number of nitrogens with one attached hydrogen (secondary N) is 1. The van der Waals surface area contributed by atoms with E-state index in [0.29, 0.717) is 6.04 Å². The molecule has 0 aliphatic heterocycles. The first-order chi connectivity index (χ1) is 9.65. The first-order valence-corrected chi connectivity index (χ1v) is 7.23. The van der Waals surface area contributed by atoms with Crippen molar-refractivity contribution in [1.82, 2.24) is 0 Å². The van der Waals surface area contributed by atoms with Crippen LogP contribution < -0.4 is 10.2 Å². The summed E-state index contributed by atoms with van der Waals surface area (Å²) >= 11 is 0. The molecule has 0 amide bonds. The summed E-state index contributed by atoms with van der Waals surface area (Å²) in [6.07, 6.45) is 2.25. The van der Waals surface area contributed by atoms with E-state index in [4.69, 9.17) is 0 Å². The van der Waals surface area contributed by atoms with E-state index in [-0.39, 0.29) is 0 Å². The molecule has 0 fully saturated rings. The van der Waals surface area contributed by atoms with Crippen LogP contribution in [0.1, 0.15) is 18.9 Å². The Labute approximate surface area is 122 Å². The molecule has 0 heterocycles. The van der Waals surface area contributed by atoms with Gasteiger partial charge < -0.3 is 10.2 Å². The Morgan fingerprint density at radius 3 is 2.20 bits per heavy atom. The van der Waals surface area contributed by atoms with Crippen LogP contribution in [0.3, 0.4) is 0 Å². The summed E-state index contributed by atoms with van der Waals surface area (Å²) in [4.78, 5) is 2.11. The molecule has 0 bridgehead atoms. The molecule has 0 radical (unpaired) electrons. The highest BCUT2D eigenvalue weighted by molar-refractivity contribution is 5.54. The first-order valence-electron chi connectivity index (χ1n) is 7.23. The van der Waals surface area contributed by atoms with E-state index in [1.165, 1.54) is 16.9 Å². The quantitative estimate of drug-likeness (QED) is 0.845. The van der Waals surface area contributed by atoms with Crippen molar-refractivity contribution in [3.8, 4) is 0 Å². The Morgan fingerprint density at radius 2 is 1.60 bits per heavy atom. The van der Waals surface area contributed by atoms with Gasteiger partial charge in [-0.15, -0.1) is 0 Å². The number of hydrogen-bond acceptors (Lipinski definition) is 2. The lowest BCUT2D eigenvalue weighted by Crippen LogP contribution is -2.16. The molecule has 0 aliphatic carbocycles. The second kappa shape index (κ2) is 6.99. The third-order valence-corrected chi connectivity index (χ3v) is 3.51. The lowest BCUT2D eigenvalue weighted by atomic mass is 10.1. The number of rotatable bonds is 6. The van der Waals surface area contributed by atoms with Gasteiger partial charge in [0.2, 0.25) is 0 Å². The summed E-state index contributed by atoms with van der Waals surface area (Å²) < 4.78 is 0. The molecule has 1 atom stereocenters. The van der Waals surface area contributed by atoms with Gasteiger partial charge in [0.15, 0.2) is 0 Å². The molecule has 0 saturated carbocycles. The average molecular weight is 268 g/mol. The van der Waals surface area contributed by atoms with Crippen LogP contribution in [-0.4, -0.2) is 20.1 Å². The summed E-state index contributed by atoms with van der Waals surface area (Å²) in [6, 6.07) is 19.7. The predicted octanol–water partition coefficient (Wildman–Crippen LogP) is 4.19. The van der Waals surface area contributed by atoms with Crippen LogP contribution in [-0.2, 0) is 6.42 Å². The van der Waals surface area contributed by atoms with Crippen molar-refractivity contribution >= 4 is 11.4 Å².